The summed E-state index contributed by atoms with van der Waals surface area (Å²) in [4.78, 5) is 22.7. The number of rotatable bonds is 3. The van der Waals surface area contributed by atoms with Crippen LogP contribution in [0.1, 0.15) is 20.7 Å². The van der Waals surface area contributed by atoms with Crippen LogP contribution in [0.25, 0.3) is 0 Å². The Balaban J connectivity index is 2.30. The summed E-state index contributed by atoms with van der Waals surface area (Å²) in [5.74, 6) is -4.06. The van der Waals surface area contributed by atoms with Crippen LogP contribution in [0.2, 0.25) is 0 Å². The second-order valence-corrected chi connectivity index (χ2v) is 4.90. The number of carboxylic acids is 1. The summed E-state index contributed by atoms with van der Waals surface area (Å²) < 4.78 is 27.3. The van der Waals surface area contributed by atoms with Crippen molar-refractivity contribution in [2.24, 2.45) is 0 Å². The largest absolute Gasteiger partial charge is 0.478 e. The van der Waals surface area contributed by atoms with E-state index in [1.54, 1.807) is 0 Å². The zero-order valence-corrected chi connectivity index (χ0v) is 11.9. The Morgan fingerprint density at radius 2 is 1.71 bits per heavy atom. The van der Waals surface area contributed by atoms with Crippen molar-refractivity contribution in [1.82, 2.24) is 0 Å². The number of hydrogen-bond acceptors (Lipinski definition) is 2. The normalized spacial score (nSPS) is 10.2. The van der Waals surface area contributed by atoms with Gasteiger partial charge < -0.3 is 10.4 Å². The van der Waals surface area contributed by atoms with Gasteiger partial charge in [-0.1, -0.05) is 6.07 Å². The molecular weight excluding hydrogens is 348 g/mol. The average Bonchev–Trinajstić information content (AvgIpc) is 2.40. The molecule has 1 amide bonds. The van der Waals surface area contributed by atoms with Gasteiger partial charge in [0, 0.05) is 4.47 Å². The zero-order valence-electron chi connectivity index (χ0n) is 10.4. The van der Waals surface area contributed by atoms with Gasteiger partial charge in [0.05, 0.1) is 11.3 Å². The van der Waals surface area contributed by atoms with Crippen molar-refractivity contribution in [3.05, 3.63) is 63.6 Å². The molecule has 0 aliphatic carbocycles. The molecule has 7 heteroatoms. The number of aromatic carboxylic acids is 1. The second-order valence-electron chi connectivity index (χ2n) is 4.05. The van der Waals surface area contributed by atoms with E-state index in [2.05, 4.69) is 21.2 Å². The van der Waals surface area contributed by atoms with Crippen LogP contribution in [0.15, 0.2) is 40.9 Å². The quantitative estimate of drug-likeness (QED) is 0.882. The topological polar surface area (TPSA) is 66.4 Å². The molecule has 2 aromatic carbocycles. The van der Waals surface area contributed by atoms with Gasteiger partial charge in [-0.05, 0) is 46.3 Å². The highest BCUT2D eigenvalue weighted by molar-refractivity contribution is 9.10. The number of nitrogens with one attached hydrogen (secondary N) is 1. The van der Waals surface area contributed by atoms with Gasteiger partial charge >= 0.3 is 5.97 Å². The molecule has 0 atom stereocenters. The number of carbonyl (C=O) groups excluding carboxylic acids is 1. The summed E-state index contributed by atoms with van der Waals surface area (Å²) in [7, 11) is 0. The Bertz CT molecular complexity index is 714. The Hall–Kier alpha value is -2.28. The first kappa shape index (κ1) is 15.1. The molecule has 0 saturated carbocycles. The molecule has 0 radical (unpaired) electrons. The number of hydrogen-bond donors (Lipinski definition) is 2. The molecule has 0 fully saturated rings. The summed E-state index contributed by atoms with van der Waals surface area (Å²) in [6, 6.07) is 6.96. The monoisotopic (exact) mass is 355 g/mol. The van der Waals surface area contributed by atoms with E-state index in [-0.39, 0.29) is 15.7 Å². The van der Waals surface area contributed by atoms with E-state index in [0.29, 0.717) is 0 Å². The Labute approximate surface area is 126 Å². The molecule has 2 aromatic rings. The molecule has 0 spiro atoms. The molecule has 21 heavy (non-hydrogen) atoms. The molecular formula is C14H8BrF2NO3. The van der Waals surface area contributed by atoms with Gasteiger partial charge in [0.25, 0.3) is 5.91 Å². The molecule has 0 aliphatic rings. The molecule has 4 nitrogen and oxygen atoms in total. The molecule has 0 unspecified atom stereocenters. The molecule has 0 heterocycles. The third-order valence-electron chi connectivity index (χ3n) is 2.65. The molecule has 0 aliphatic heterocycles. The number of carbonyl (C=O) groups is 2. The number of halogens is 3. The zero-order chi connectivity index (χ0) is 15.6. The van der Waals surface area contributed by atoms with Gasteiger partial charge in [0.2, 0.25) is 0 Å². The fourth-order valence-corrected chi connectivity index (χ4v) is 2.13. The van der Waals surface area contributed by atoms with Crippen molar-refractivity contribution >= 4 is 33.5 Å². The summed E-state index contributed by atoms with van der Waals surface area (Å²) >= 11 is 3.09. The SMILES string of the molecule is O=C(O)c1ccc(NC(=O)c2c(F)cccc2F)c(Br)c1. The van der Waals surface area contributed by atoms with E-state index >= 15 is 0 Å². The van der Waals surface area contributed by atoms with Crippen LogP contribution in [0.5, 0.6) is 0 Å². The highest BCUT2D eigenvalue weighted by Crippen LogP contribution is 2.25. The van der Waals surface area contributed by atoms with E-state index in [0.717, 1.165) is 18.2 Å². The van der Waals surface area contributed by atoms with Gasteiger partial charge in [0.15, 0.2) is 0 Å². The fraction of sp³-hybridized carbons (Fsp3) is 0. The van der Waals surface area contributed by atoms with Crippen molar-refractivity contribution in [2.75, 3.05) is 5.32 Å². The summed E-state index contributed by atoms with van der Waals surface area (Å²) in [5.41, 5.74) is -0.490. The van der Waals surface area contributed by atoms with E-state index in [1.165, 1.54) is 18.2 Å². The number of carboxylic acid groups (broad SMARTS) is 1. The standard InChI is InChI=1S/C14H8BrF2NO3/c15-8-6-7(14(20)21)4-5-11(8)18-13(19)12-9(16)2-1-3-10(12)17/h1-6H,(H,18,19)(H,20,21). The molecule has 0 saturated heterocycles. The summed E-state index contributed by atoms with van der Waals surface area (Å²) in [6.45, 7) is 0. The maximum absolute atomic E-state index is 13.5. The third kappa shape index (κ3) is 3.25. The summed E-state index contributed by atoms with van der Waals surface area (Å²) in [5, 5.41) is 11.1. The van der Waals surface area contributed by atoms with Crippen LogP contribution < -0.4 is 5.32 Å². The highest BCUT2D eigenvalue weighted by Gasteiger charge is 2.18. The minimum absolute atomic E-state index is 0.0111. The minimum Gasteiger partial charge on any atom is -0.478 e. The van der Waals surface area contributed by atoms with Gasteiger partial charge in [-0.3, -0.25) is 4.79 Å². The first-order chi connectivity index (χ1) is 9.90. The number of anilines is 1. The first-order valence-electron chi connectivity index (χ1n) is 5.68. The van der Waals surface area contributed by atoms with Gasteiger partial charge in [0.1, 0.15) is 17.2 Å². The summed E-state index contributed by atoms with van der Waals surface area (Å²) in [6.07, 6.45) is 0. The van der Waals surface area contributed by atoms with Crippen LogP contribution in [0.4, 0.5) is 14.5 Å². The molecule has 2 N–H and O–H groups in total. The molecule has 0 bridgehead atoms. The van der Waals surface area contributed by atoms with E-state index in [4.69, 9.17) is 5.11 Å². The second kappa shape index (κ2) is 6.01. The van der Waals surface area contributed by atoms with Crippen molar-refractivity contribution < 1.29 is 23.5 Å². The Morgan fingerprint density at radius 3 is 2.24 bits per heavy atom. The van der Waals surface area contributed by atoms with E-state index < -0.39 is 29.1 Å². The van der Waals surface area contributed by atoms with Crippen molar-refractivity contribution in [3.8, 4) is 0 Å². The van der Waals surface area contributed by atoms with Gasteiger partial charge in [-0.25, -0.2) is 13.6 Å². The number of benzene rings is 2. The van der Waals surface area contributed by atoms with Crippen LogP contribution in [0, 0.1) is 11.6 Å². The lowest BCUT2D eigenvalue weighted by molar-refractivity contribution is 0.0696. The van der Waals surface area contributed by atoms with Crippen LogP contribution in [-0.4, -0.2) is 17.0 Å². The average molecular weight is 356 g/mol. The lowest BCUT2D eigenvalue weighted by atomic mass is 10.1. The van der Waals surface area contributed by atoms with Crippen molar-refractivity contribution in [1.29, 1.82) is 0 Å². The molecule has 108 valence electrons. The van der Waals surface area contributed by atoms with Crippen LogP contribution >= 0.6 is 15.9 Å². The lowest BCUT2D eigenvalue weighted by Crippen LogP contribution is -2.16. The minimum atomic E-state index is -1.13. The predicted molar refractivity (Wildman–Crippen MR) is 75.4 cm³/mol. The third-order valence-corrected chi connectivity index (χ3v) is 3.31. The van der Waals surface area contributed by atoms with Crippen molar-refractivity contribution in [2.45, 2.75) is 0 Å². The predicted octanol–water partition coefficient (Wildman–Crippen LogP) is 3.68. The van der Waals surface area contributed by atoms with E-state index in [1.807, 2.05) is 0 Å². The lowest BCUT2D eigenvalue weighted by Gasteiger charge is -2.09. The molecule has 2 rings (SSSR count). The van der Waals surface area contributed by atoms with E-state index in [9.17, 15) is 18.4 Å². The van der Waals surface area contributed by atoms with Crippen LogP contribution in [0.3, 0.4) is 0 Å². The van der Waals surface area contributed by atoms with Crippen LogP contribution in [-0.2, 0) is 0 Å². The maximum atomic E-state index is 13.5. The Morgan fingerprint density at radius 1 is 1.10 bits per heavy atom. The molecule has 0 aromatic heterocycles. The maximum Gasteiger partial charge on any atom is 0.335 e. The highest BCUT2D eigenvalue weighted by atomic mass is 79.9. The fourth-order valence-electron chi connectivity index (χ4n) is 1.65. The number of amides is 1. The smallest absolute Gasteiger partial charge is 0.335 e. The van der Waals surface area contributed by atoms with Gasteiger partial charge in [-0.2, -0.15) is 0 Å². The van der Waals surface area contributed by atoms with Crippen molar-refractivity contribution in [3.63, 3.8) is 0 Å². The Kier molecular flexibility index (Phi) is 4.32. The first-order valence-corrected chi connectivity index (χ1v) is 6.47. The van der Waals surface area contributed by atoms with Gasteiger partial charge in [-0.15, -0.1) is 0 Å².